The predicted octanol–water partition coefficient (Wildman–Crippen LogP) is 3.11. The van der Waals surface area contributed by atoms with Crippen molar-refractivity contribution >= 4 is 35.0 Å². The number of amides is 3. The minimum Gasteiger partial charge on any atom is -0.480 e. The molecule has 3 rings (SSSR count). The molecule has 0 radical (unpaired) electrons. The molecule has 0 saturated carbocycles. The first-order valence-electron chi connectivity index (χ1n) is 13.5. The molecule has 1 fully saturated rings. The first-order valence-corrected chi connectivity index (χ1v) is 14.4. The van der Waals surface area contributed by atoms with E-state index in [1.54, 1.807) is 16.2 Å². The van der Waals surface area contributed by atoms with Crippen LogP contribution in [-0.2, 0) is 19.2 Å². The second kappa shape index (κ2) is 12.5. The fourth-order valence-electron chi connectivity index (χ4n) is 4.90. The molecule has 2 heterocycles. The summed E-state index contributed by atoms with van der Waals surface area (Å²) in [6.45, 7) is 13.1. The van der Waals surface area contributed by atoms with Crippen molar-refractivity contribution < 1.29 is 24.3 Å². The van der Waals surface area contributed by atoms with Crippen molar-refractivity contribution in [1.29, 1.82) is 0 Å². The zero-order chi connectivity index (χ0) is 29.9. The summed E-state index contributed by atoms with van der Waals surface area (Å²) in [6.07, 6.45) is 0.499. The van der Waals surface area contributed by atoms with E-state index in [-0.39, 0.29) is 23.8 Å². The van der Waals surface area contributed by atoms with Gasteiger partial charge in [-0.05, 0) is 42.7 Å². The number of hydrogen-bond acceptors (Lipinski definition) is 7. The van der Waals surface area contributed by atoms with Crippen LogP contribution in [0.4, 0.5) is 0 Å². The smallest absolute Gasteiger partial charge is 0.321 e. The molecule has 1 aromatic heterocycles. The lowest BCUT2D eigenvalue weighted by molar-refractivity contribution is -0.146. The van der Waals surface area contributed by atoms with E-state index >= 15 is 0 Å². The topological polar surface area (TPSA) is 155 Å². The molecule has 40 heavy (non-hydrogen) atoms. The molecule has 218 valence electrons. The minimum absolute atomic E-state index is 0.0904. The number of benzene rings is 1. The van der Waals surface area contributed by atoms with Crippen molar-refractivity contribution in [2.75, 3.05) is 6.54 Å². The van der Waals surface area contributed by atoms with E-state index in [0.29, 0.717) is 13.0 Å². The van der Waals surface area contributed by atoms with Crippen LogP contribution < -0.4 is 16.4 Å². The fourth-order valence-corrected chi connectivity index (χ4v) is 5.71. The number of nitrogens with one attached hydrogen (secondary N) is 2. The number of likely N-dealkylation sites (tertiary alicyclic amines) is 1. The van der Waals surface area contributed by atoms with Gasteiger partial charge in [-0.15, -0.1) is 11.3 Å². The second-order valence-electron chi connectivity index (χ2n) is 11.9. The molecular weight excluding hydrogens is 530 g/mol. The van der Waals surface area contributed by atoms with Gasteiger partial charge in [0.2, 0.25) is 17.7 Å². The van der Waals surface area contributed by atoms with Crippen LogP contribution in [0.5, 0.6) is 0 Å². The minimum atomic E-state index is -1.40. The van der Waals surface area contributed by atoms with Gasteiger partial charge < -0.3 is 26.4 Å². The number of nitrogens with zero attached hydrogens (tertiary/aromatic N) is 2. The number of thiazole rings is 1. The number of aryl methyl sites for hydroxylation is 1. The molecule has 6 atom stereocenters. The molecule has 1 aliphatic heterocycles. The van der Waals surface area contributed by atoms with Crippen LogP contribution in [0, 0.1) is 24.2 Å². The third-order valence-corrected chi connectivity index (χ3v) is 8.49. The Kier molecular flexibility index (Phi) is 9.73. The highest BCUT2D eigenvalue weighted by atomic mass is 32.1. The standard InChI is InChI=1S/C29H41N5O5S/c1-15-12-21(26(36)32-17(3)19-8-10-20(11-9-19)23-18(4)31-14-40-23)34(13-15)27(37)24(29(5,6)7)33-25(35)16(2)22(30)28(38)39/h8-11,14-17,21-22,24H,12-13,30H2,1-7H3,(H,32,36)(H,33,35)(H,38,39)/t15?,16?,17?,21?,22?,24-/m1/s1. The molecule has 5 unspecified atom stereocenters. The summed E-state index contributed by atoms with van der Waals surface area (Å²) >= 11 is 1.58. The van der Waals surface area contributed by atoms with Crippen LogP contribution in [0.2, 0.25) is 0 Å². The molecule has 2 aromatic rings. The van der Waals surface area contributed by atoms with E-state index in [2.05, 4.69) is 15.6 Å². The van der Waals surface area contributed by atoms with Gasteiger partial charge in [-0.25, -0.2) is 4.98 Å². The Morgan fingerprint density at radius 2 is 1.75 bits per heavy atom. The van der Waals surface area contributed by atoms with Crippen LogP contribution in [0.1, 0.15) is 65.3 Å². The van der Waals surface area contributed by atoms with Crippen LogP contribution in [0.3, 0.4) is 0 Å². The molecule has 1 aromatic carbocycles. The second-order valence-corrected chi connectivity index (χ2v) is 12.8. The fraction of sp³-hybridized carbons (Fsp3) is 0.552. The van der Waals surface area contributed by atoms with Crippen molar-refractivity contribution in [3.8, 4) is 10.4 Å². The molecule has 0 spiro atoms. The van der Waals surface area contributed by atoms with Gasteiger partial charge in [0.1, 0.15) is 18.1 Å². The molecular formula is C29H41N5O5S. The highest BCUT2D eigenvalue weighted by Gasteiger charge is 2.44. The van der Waals surface area contributed by atoms with Crippen molar-refractivity contribution in [3.63, 3.8) is 0 Å². The van der Waals surface area contributed by atoms with Crippen LogP contribution in [-0.4, -0.2) is 63.4 Å². The number of carbonyl (C=O) groups is 4. The number of nitrogens with two attached hydrogens (primary N) is 1. The van der Waals surface area contributed by atoms with Gasteiger partial charge in [-0.3, -0.25) is 19.2 Å². The molecule has 5 N–H and O–H groups in total. The first-order chi connectivity index (χ1) is 18.6. The van der Waals surface area contributed by atoms with E-state index in [4.69, 9.17) is 5.73 Å². The summed E-state index contributed by atoms with van der Waals surface area (Å²) in [5, 5.41) is 15.0. The lowest BCUT2D eigenvalue weighted by Crippen LogP contribution is -2.59. The average Bonchev–Trinajstić information content (AvgIpc) is 3.50. The SMILES string of the molecule is Cc1ncsc1-c1ccc(C(C)NC(=O)C2CC(C)CN2C(=O)[C@@H](NC(=O)C(C)C(N)C(=O)O)C(C)(C)C)cc1. The first kappa shape index (κ1) is 31.2. The average molecular weight is 572 g/mol. The van der Waals surface area contributed by atoms with Crippen LogP contribution in [0.25, 0.3) is 10.4 Å². The maximum atomic E-state index is 13.8. The zero-order valence-electron chi connectivity index (χ0n) is 24.2. The largest absolute Gasteiger partial charge is 0.480 e. The Hall–Kier alpha value is -3.31. The predicted molar refractivity (Wildman–Crippen MR) is 154 cm³/mol. The lowest BCUT2D eigenvalue weighted by Gasteiger charge is -2.36. The summed E-state index contributed by atoms with van der Waals surface area (Å²) < 4.78 is 0. The molecule has 1 saturated heterocycles. The van der Waals surface area contributed by atoms with Gasteiger partial charge >= 0.3 is 5.97 Å². The zero-order valence-corrected chi connectivity index (χ0v) is 25.0. The Morgan fingerprint density at radius 3 is 2.27 bits per heavy atom. The van der Waals surface area contributed by atoms with Gasteiger partial charge in [0.25, 0.3) is 0 Å². The number of hydrogen-bond donors (Lipinski definition) is 4. The third kappa shape index (κ3) is 7.06. The van der Waals surface area contributed by atoms with Gasteiger partial charge in [0.05, 0.1) is 28.0 Å². The van der Waals surface area contributed by atoms with E-state index in [1.807, 2.05) is 71.3 Å². The van der Waals surface area contributed by atoms with Gasteiger partial charge in [0.15, 0.2) is 0 Å². The monoisotopic (exact) mass is 571 g/mol. The number of carbonyl (C=O) groups excluding carboxylic acids is 3. The normalized spacial score (nSPS) is 20.4. The van der Waals surface area contributed by atoms with E-state index in [9.17, 15) is 24.3 Å². The van der Waals surface area contributed by atoms with Crippen molar-refractivity contribution in [1.82, 2.24) is 20.5 Å². The Bertz CT molecular complexity index is 1240. The number of rotatable bonds is 9. The summed E-state index contributed by atoms with van der Waals surface area (Å²) in [6, 6.07) is 4.64. The van der Waals surface area contributed by atoms with Crippen molar-refractivity contribution in [3.05, 3.63) is 41.0 Å². The molecule has 0 bridgehead atoms. The van der Waals surface area contributed by atoms with Gasteiger partial charge in [-0.2, -0.15) is 0 Å². The van der Waals surface area contributed by atoms with E-state index in [1.165, 1.54) is 6.92 Å². The number of aliphatic carboxylic acids is 1. The quantitative estimate of drug-likeness (QED) is 0.360. The van der Waals surface area contributed by atoms with Gasteiger partial charge in [-0.1, -0.05) is 58.9 Å². The molecule has 11 heteroatoms. The number of carboxylic acids is 1. The Morgan fingerprint density at radius 1 is 1.12 bits per heavy atom. The highest BCUT2D eigenvalue weighted by Crippen LogP contribution is 2.30. The van der Waals surface area contributed by atoms with Gasteiger partial charge in [0, 0.05) is 6.54 Å². The molecule has 1 aliphatic rings. The molecule has 0 aliphatic carbocycles. The lowest BCUT2D eigenvalue weighted by atomic mass is 9.85. The van der Waals surface area contributed by atoms with E-state index < -0.39 is 41.3 Å². The summed E-state index contributed by atoms with van der Waals surface area (Å²) in [4.78, 5) is 58.4. The Labute approximate surface area is 239 Å². The summed E-state index contributed by atoms with van der Waals surface area (Å²) in [7, 11) is 0. The summed E-state index contributed by atoms with van der Waals surface area (Å²) in [5.74, 6) is -3.51. The Balaban J connectivity index is 1.74. The number of aromatic nitrogens is 1. The van der Waals surface area contributed by atoms with Crippen molar-refractivity contribution in [2.24, 2.45) is 23.0 Å². The van der Waals surface area contributed by atoms with Crippen LogP contribution >= 0.6 is 11.3 Å². The van der Waals surface area contributed by atoms with Crippen molar-refractivity contribution in [2.45, 2.75) is 79.1 Å². The van der Waals surface area contributed by atoms with Crippen LogP contribution in [0.15, 0.2) is 29.8 Å². The maximum absolute atomic E-state index is 13.8. The maximum Gasteiger partial charge on any atom is 0.321 e. The summed E-state index contributed by atoms with van der Waals surface area (Å²) in [5.41, 5.74) is 9.75. The third-order valence-electron chi connectivity index (χ3n) is 7.51. The highest BCUT2D eigenvalue weighted by molar-refractivity contribution is 7.13. The molecule has 10 nitrogen and oxygen atoms in total. The molecule has 3 amide bonds. The number of carboxylic acid groups (broad SMARTS) is 1. The van der Waals surface area contributed by atoms with E-state index in [0.717, 1.165) is 21.7 Å².